The van der Waals surface area contributed by atoms with Gasteiger partial charge in [0.2, 0.25) is 10.0 Å². The molecule has 8 nitrogen and oxygen atoms in total. The first-order valence-electron chi connectivity index (χ1n) is 7.47. The summed E-state index contributed by atoms with van der Waals surface area (Å²) in [6, 6.07) is 2.18. The molecular formula is C14H20N4O4S. The molecule has 0 saturated carbocycles. The van der Waals surface area contributed by atoms with Crippen molar-refractivity contribution in [1.29, 1.82) is 0 Å². The molecule has 1 atom stereocenters. The fourth-order valence-electron chi connectivity index (χ4n) is 2.73. The average Bonchev–Trinajstić information content (AvgIpc) is 3.08. The van der Waals surface area contributed by atoms with Gasteiger partial charge in [-0.05, 0) is 19.8 Å². The van der Waals surface area contributed by atoms with Gasteiger partial charge in [0.25, 0.3) is 0 Å². The largest absolute Gasteiger partial charge is 0.361 e. The standard InChI is InChI=1S/C14H20N4O4S/c1-9-5-11(17-21-9)7-15-10-3-4-14-12(6-10)13(18-22-14)8-16-23(2,19)20/h5,10,15-16H,3-4,6-8H2,1-2H3. The number of aromatic nitrogens is 2. The van der Waals surface area contributed by atoms with Crippen molar-refractivity contribution < 1.29 is 17.5 Å². The first kappa shape index (κ1) is 16.2. The lowest BCUT2D eigenvalue weighted by Gasteiger charge is -2.22. The Morgan fingerprint density at radius 2 is 2.13 bits per heavy atom. The molecule has 0 saturated heterocycles. The summed E-state index contributed by atoms with van der Waals surface area (Å²) >= 11 is 0. The molecule has 0 amide bonds. The van der Waals surface area contributed by atoms with Crippen LogP contribution in [0.25, 0.3) is 0 Å². The van der Waals surface area contributed by atoms with Crippen LogP contribution < -0.4 is 10.0 Å². The number of nitrogens with zero attached hydrogens (tertiary/aromatic N) is 2. The van der Waals surface area contributed by atoms with E-state index in [9.17, 15) is 8.42 Å². The maximum atomic E-state index is 11.2. The first-order chi connectivity index (χ1) is 10.9. The Hall–Kier alpha value is -1.71. The Kier molecular flexibility index (Phi) is 4.51. The molecule has 9 heteroatoms. The number of rotatable bonds is 6. The van der Waals surface area contributed by atoms with Crippen molar-refractivity contribution in [1.82, 2.24) is 20.4 Å². The second kappa shape index (κ2) is 6.42. The predicted octanol–water partition coefficient (Wildman–Crippen LogP) is 0.667. The van der Waals surface area contributed by atoms with Gasteiger partial charge in [-0.2, -0.15) is 0 Å². The van der Waals surface area contributed by atoms with Crippen LogP contribution in [-0.4, -0.2) is 31.0 Å². The molecule has 0 fully saturated rings. The summed E-state index contributed by atoms with van der Waals surface area (Å²) in [6.07, 6.45) is 3.62. The second-order valence-corrected chi connectivity index (χ2v) is 7.71. The van der Waals surface area contributed by atoms with Crippen LogP contribution in [0.2, 0.25) is 0 Å². The van der Waals surface area contributed by atoms with Crippen LogP contribution in [0, 0.1) is 6.92 Å². The molecule has 0 aliphatic heterocycles. The van der Waals surface area contributed by atoms with Crippen LogP contribution in [0.15, 0.2) is 15.1 Å². The number of fused-ring (bicyclic) bond motifs is 1. The van der Waals surface area contributed by atoms with Gasteiger partial charge in [0.1, 0.15) is 17.2 Å². The molecule has 2 heterocycles. The molecular weight excluding hydrogens is 320 g/mol. The quantitative estimate of drug-likeness (QED) is 0.795. The van der Waals surface area contributed by atoms with E-state index in [1.165, 1.54) is 0 Å². The smallest absolute Gasteiger partial charge is 0.209 e. The van der Waals surface area contributed by atoms with Gasteiger partial charge in [-0.15, -0.1) is 0 Å². The van der Waals surface area contributed by atoms with Gasteiger partial charge in [-0.3, -0.25) is 0 Å². The highest BCUT2D eigenvalue weighted by molar-refractivity contribution is 7.88. The summed E-state index contributed by atoms with van der Waals surface area (Å²) in [7, 11) is -3.25. The monoisotopic (exact) mass is 340 g/mol. The van der Waals surface area contributed by atoms with Crippen LogP contribution in [0.3, 0.4) is 0 Å². The predicted molar refractivity (Wildman–Crippen MR) is 82.1 cm³/mol. The third-order valence-electron chi connectivity index (χ3n) is 3.87. The lowest BCUT2D eigenvalue weighted by atomic mass is 9.92. The van der Waals surface area contributed by atoms with Crippen LogP contribution in [0.1, 0.15) is 34.9 Å². The fourth-order valence-corrected chi connectivity index (χ4v) is 3.13. The Bertz CT molecular complexity index is 781. The van der Waals surface area contributed by atoms with Crippen LogP contribution in [0.4, 0.5) is 0 Å². The molecule has 23 heavy (non-hydrogen) atoms. The Labute approximate surface area is 134 Å². The molecule has 2 aromatic heterocycles. The number of aryl methyl sites for hydroxylation is 2. The van der Waals surface area contributed by atoms with Crippen LogP contribution in [0.5, 0.6) is 0 Å². The third kappa shape index (κ3) is 4.18. The SMILES string of the molecule is Cc1cc(CNC2CCc3onc(CNS(C)(=O)=O)c3C2)no1. The van der Waals surface area contributed by atoms with Crippen molar-refractivity contribution in [2.45, 2.75) is 45.3 Å². The zero-order valence-electron chi connectivity index (χ0n) is 13.1. The summed E-state index contributed by atoms with van der Waals surface area (Å²) in [5.41, 5.74) is 2.54. The minimum atomic E-state index is -3.25. The molecule has 0 bridgehead atoms. The maximum absolute atomic E-state index is 11.2. The van der Waals surface area contributed by atoms with Crippen molar-refractivity contribution >= 4 is 10.0 Å². The number of hydrogen-bond donors (Lipinski definition) is 2. The van der Waals surface area contributed by atoms with Crippen molar-refractivity contribution in [2.24, 2.45) is 0 Å². The summed E-state index contributed by atoms with van der Waals surface area (Å²) in [5.74, 6) is 1.64. The fraction of sp³-hybridized carbons (Fsp3) is 0.571. The molecule has 2 aromatic rings. The van der Waals surface area contributed by atoms with Gasteiger partial charge in [0.05, 0.1) is 18.5 Å². The maximum Gasteiger partial charge on any atom is 0.209 e. The molecule has 0 radical (unpaired) electrons. The molecule has 126 valence electrons. The van der Waals surface area contributed by atoms with E-state index in [0.717, 1.165) is 48.3 Å². The van der Waals surface area contributed by atoms with E-state index in [1.54, 1.807) is 0 Å². The van der Waals surface area contributed by atoms with Gasteiger partial charge >= 0.3 is 0 Å². The number of sulfonamides is 1. The van der Waals surface area contributed by atoms with E-state index in [0.29, 0.717) is 12.2 Å². The van der Waals surface area contributed by atoms with Gasteiger partial charge < -0.3 is 14.4 Å². The highest BCUT2D eigenvalue weighted by Crippen LogP contribution is 2.25. The first-order valence-corrected chi connectivity index (χ1v) is 9.36. The highest BCUT2D eigenvalue weighted by atomic mass is 32.2. The van der Waals surface area contributed by atoms with Crippen molar-refractivity contribution in [3.05, 3.63) is 34.5 Å². The van der Waals surface area contributed by atoms with Crippen LogP contribution in [-0.2, 0) is 36.0 Å². The minimum Gasteiger partial charge on any atom is -0.361 e. The van der Waals surface area contributed by atoms with Crippen molar-refractivity contribution in [3.63, 3.8) is 0 Å². The zero-order valence-corrected chi connectivity index (χ0v) is 13.9. The topological polar surface area (TPSA) is 110 Å². The van der Waals surface area contributed by atoms with E-state index in [-0.39, 0.29) is 12.6 Å². The van der Waals surface area contributed by atoms with Gasteiger partial charge in [-0.25, -0.2) is 13.1 Å². The second-order valence-electron chi connectivity index (χ2n) is 5.87. The summed E-state index contributed by atoms with van der Waals surface area (Å²) in [5, 5.41) is 11.4. The summed E-state index contributed by atoms with van der Waals surface area (Å²) < 4.78 is 35.3. The lowest BCUT2D eigenvalue weighted by Crippen LogP contribution is -2.34. The molecule has 0 aromatic carbocycles. The van der Waals surface area contributed by atoms with Gasteiger partial charge in [0, 0.05) is 30.6 Å². The van der Waals surface area contributed by atoms with E-state index >= 15 is 0 Å². The van der Waals surface area contributed by atoms with Gasteiger partial charge in [0.15, 0.2) is 0 Å². The zero-order chi connectivity index (χ0) is 16.4. The Morgan fingerprint density at radius 1 is 1.30 bits per heavy atom. The Morgan fingerprint density at radius 3 is 2.83 bits per heavy atom. The van der Waals surface area contributed by atoms with Crippen molar-refractivity contribution in [3.8, 4) is 0 Å². The molecule has 1 aliphatic rings. The van der Waals surface area contributed by atoms with E-state index in [1.807, 2.05) is 13.0 Å². The van der Waals surface area contributed by atoms with Gasteiger partial charge in [-0.1, -0.05) is 10.3 Å². The minimum absolute atomic E-state index is 0.160. The number of hydrogen-bond acceptors (Lipinski definition) is 7. The molecule has 0 spiro atoms. The summed E-state index contributed by atoms with van der Waals surface area (Å²) in [4.78, 5) is 0. The van der Waals surface area contributed by atoms with Crippen LogP contribution >= 0.6 is 0 Å². The third-order valence-corrected chi connectivity index (χ3v) is 4.54. The van der Waals surface area contributed by atoms with E-state index in [4.69, 9.17) is 9.05 Å². The molecule has 2 N–H and O–H groups in total. The molecule has 1 aliphatic carbocycles. The highest BCUT2D eigenvalue weighted by Gasteiger charge is 2.25. The lowest BCUT2D eigenvalue weighted by molar-refractivity contribution is 0.348. The molecule has 1 unspecified atom stereocenters. The average molecular weight is 340 g/mol. The number of nitrogens with one attached hydrogen (secondary N) is 2. The Balaban J connectivity index is 1.61. The normalized spacial score (nSPS) is 18.1. The van der Waals surface area contributed by atoms with E-state index in [2.05, 4.69) is 20.4 Å². The summed E-state index contributed by atoms with van der Waals surface area (Å²) in [6.45, 7) is 2.66. The molecule has 3 rings (SSSR count). The van der Waals surface area contributed by atoms with Crippen molar-refractivity contribution in [2.75, 3.05) is 6.26 Å². The van der Waals surface area contributed by atoms with E-state index < -0.39 is 10.0 Å².